The quantitative estimate of drug-likeness (QED) is 0.292. The Morgan fingerprint density at radius 1 is 1.67 bits per heavy atom. The van der Waals surface area contributed by atoms with Gasteiger partial charge in [0.2, 0.25) is 0 Å². The first-order chi connectivity index (χ1) is 8.77. The van der Waals surface area contributed by atoms with Crippen LogP contribution in [0.1, 0.15) is 5.69 Å². The molecule has 0 amide bonds. The average molecular weight is 345 g/mol. The van der Waals surface area contributed by atoms with Gasteiger partial charge in [0.1, 0.15) is 0 Å². The second-order valence-electron chi connectivity index (χ2n) is 3.11. The Kier molecular flexibility index (Phi) is 7.89. The number of rotatable bonds is 5. The van der Waals surface area contributed by atoms with Crippen molar-refractivity contribution in [1.82, 2.24) is 10.3 Å². The number of thioether (sulfide) groups is 2. The molecule has 96 valence electrons. The number of hydrogen-bond donors (Lipinski definition) is 1. The highest BCUT2D eigenvalue weighted by Gasteiger charge is 2.00. The fourth-order valence-electron chi connectivity index (χ4n) is 1.11. The molecule has 0 saturated carbocycles. The molecule has 1 rings (SSSR count). The van der Waals surface area contributed by atoms with Crippen molar-refractivity contribution in [2.75, 3.05) is 18.6 Å². The van der Waals surface area contributed by atoms with Crippen LogP contribution in [-0.4, -0.2) is 28.7 Å². The smallest absolute Gasteiger partial charge is 0.183 e. The minimum atomic E-state index is 0.664. The summed E-state index contributed by atoms with van der Waals surface area (Å²) in [5, 5.41) is 11.7. The standard InChI is InChI=1S/C11H13BrN4S2/c1-17-11(16-8-13)15-5-6-18-7-10-9(12)3-2-4-14-10/h2-4H,5-7H2,1H3,(H,15,16). The van der Waals surface area contributed by atoms with Gasteiger partial charge in [-0.3, -0.25) is 15.3 Å². The lowest BCUT2D eigenvalue weighted by atomic mass is 10.4. The summed E-state index contributed by atoms with van der Waals surface area (Å²) in [6.07, 6.45) is 5.55. The Bertz CT molecular complexity index is 445. The SMILES string of the molecule is CS/C(=N\CCSCc1ncccc1Br)NC#N. The van der Waals surface area contributed by atoms with Crippen LogP contribution in [0.15, 0.2) is 27.8 Å². The zero-order chi connectivity index (χ0) is 13.2. The molecule has 0 spiro atoms. The normalized spacial score (nSPS) is 11.1. The van der Waals surface area contributed by atoms with Crippen molar-refractivity contribution in [1.29, 1.82) is 5.26 Å². The van der Waals surface area contributed by atoms with E-state index in [9.17, 15) is 0 Å². The zero-order valence-corrected chi connectivity index (χ0v) is 13.1. The molecule has 0 bridgehead atoms. The third-order valence-corrected chi connectivity index (χ3v) is 4.21. The summed E-state index contributed by atoms with van der Waals surface area (Å²) >= 11 is 6.68. The van der Waals surface area contributed by atoms with Crippen LogP contribution in [0.25, 0.3) is 0 Å². The molecule has 4 nitrogen and oxygen atoms in total. The number of nitriles is 1. The predicted octanol–water partition coefficient (Wildman–Crippen LogP) is 2.87. The first-order valence-electron chi connectivity index (χ1n) is 5.18. The number of amidine groups is 1. The van der Waals surface area contributed by atoms with E-state index in [1.807, 2.05) is 24.6 Å². The van der Waals surface area contributed by atoms with Crippen molar-refractivity contribution in [2.45, 2.75) is 5.75 Å². The number of hydrogen-bond acceptors (Lipinski definition) is 5. The Hall–Kier alpha value is -0.710. The third-order valence-electron chi connectivity index (χ3n) is 1.92. The maximum atomic E-state index is 8.48. The zero-order valence-electron chi connectivity index (χ0n) is 9.89. The molecule has 18 heavy (non-hydrogen) atoms. The maximum Gasteiger partial charge on any atom is 0.183 e. The summed E-state index contributed by atoms with van der Waals surface area (Å²) in [6, 6.07) is 3.89. The van der Waals surface area contributed by atoms with Gasteiger partial charge in [-0.15, -0.1) is 0 Å². The van der Waals surface area contributed by atoms with E-state index >= 15 is 0 Å². The lowest BCUT2D eigenvalue weighted by Crippen LogP contribution is -2.13. The van der Waals surface area contributed by atoms with E-state index in [2.05, 4.69) is 31.2 Å². The molecule has 1 N–H and O–H groups in total. The van der Waals surface area contributed by atoms with Crippen LogP contribution < -0.4 is 5.32 Å². The summed E-state index contributed by atoms with van der Waals surface area (Å²) < 4.78 is 1.04. The largest absolute Gasteiger partial charge is 0.272 e. The van der Waals surface area contributed by atoms with Gasteiger partial charge in [-0.1, -0.05) is 11.8 Å². The number of nitrogens with zero attached hydrogens (tertiary/aromatic N) is 3. The molecule has 0 aliphatic rings. The van der Waals surface area contributed by atoms with Gasteiger partial charge in [0.25, 0.3) is 0 Å². The van der Waals surface area contributed by atoms with Crippen molar-refractivity contribution in [2.24, 2.45) is 4.99 Å². The van der Waals surface area contributed by atoms with Crippen LogP contribution in [0.5, 0.6) is 0 Å². The Morgan fingerprint density at radius 2 is 2.50 bits per heavy atom. The molecular weight excluding hydrogens is 332 g/mol. The summed E-state index contributed by atoms with van der Waals surface area (Å²) in [5.41, 5.74) is 1.05. The van der Waals surface area contributed by atoms with Crippen LogP contribution in [0.3, 0.4) is 0 Å². The van der Waals surface area contributed by atoms with Gasteiger partial charge < -0.3 is 0 Å². The van der Waals surface area contributed by atoms with E-state index in [0.717, 1.165) is 21.7 Å². The van der Waals surface area contributed by atoms with E-state index in [0.29, 0.717) is 11.7 Å². The molecule has 0 radical (unpaired) electrons. The molecule has 0 unspecified atom stereocenters. The van der Waals surface area contributed by atoms with Crippen molar-refractivity contribution in [3.8, 4) is 6.19 Å². The topological polar surface area (TPSA) is 61.1 Å². The van der Waals surface area contributed by atoms with E-state index < -0.39 is 0 Å². The Balaban J connectivity index is 2.27. The van der Waals surface area contributed by atoms with Gasteiger partial charge in [0, 0.05) is 22.2 Å². The third kappa shape index (κ3) is 5.76. The van der Waals surface area contributed by atoms with Crippen molar-refractivity contribution in [3.05, 3.63) is 28.5 Å². The van der Waals surface area contributed by atoms with E-state index in [-0.39, 0.29) is 0 Å². The second kappa shape index (κ2) is 9.25. The van der Waals surface area contributed by atoms with E-state index in [1.54, 1.807) is 18.0 Å². The van der Waals surface area contributed by atoms with Crippen LogP contribution in [0.2, 0.25) is 0 Å². The van der Waals surface area contributed by atoms with Crippen molar-refractivity contribution in [3.63, 3.8) is 0 Å². The number of pyridine rings is 1. The number of aliphatic imine (C=N–C) groups is 1. The van der Waals surface area contributed by atoms with E-state index in [4.69, 9.17) is 5.26 Å². The van der Waals surface area contributed by atoms with Crippen molar-refractivity contribution < 1.29 is 0 Å². The van der Waals surface area contributed by atoms with Crippen LogP contribution in [0, 0.1) is 11.5 Å². The highest BCUT2D eigenvalue weighted by molar-refractivity contribution is 9.10. The Morgan fingerprint density at radius 3 is 3.17 bits per heavy atom. The first-order valence-corrected chi connectivity index (χ1v) is 8.36. The molecule has 0 fully saturated rings. The maximum absolute atomic E-state index is 8.48. The second-order valence-corrected chi connectivity index (χ2v) is 5.87. The van der Waals surface area contributed by atoms with Crippen LogP contribution >= 0.6 is 39.5 Å². The Labute approximate surface area is 124 Å². The van der Waals surface area contributed by atoms with Crippen molar-refractivity contribution >= 4 is 44.6 Å². The minimum absolute atomic E-state index is 0.664. The fraction of sp³-hybridized carbons (Fsp3) is 0.364. The highest BCUT2D eigenvalue weighted by atomic mass is 79.9. The summed E-state index contributed by atoms with van der Waals surface area (Å²) in [5.74, 6) is 1.76. The van der Waals surface area contributed by atoms with Gasteiger partial charge in [0.15, 0.2) is 11.4 Å². The first kappa shape index (κ1) is 15.3. The molecule has 0 saturated heterocycles. The molecule has 1 heterocycles. The van der Waals surface area contributed by atoms with Gasteiger partial charge in [0.05, 0.1) is 12.2 Å². The molecule has 0 aromatic carbocycles. The van der Waals surface area contributed by atoms with Gasteiger partial charge in [-0.25, -0.2) is 0 Å². The van der Waals surface area contributed by atoms with E-state index in [1.165, 1.54) is 11.8 Å². The van der Waals surface area contributed by atoms with Gasteiger partial charge in [-0.2, -0.15) is 17.0 Å². The number of nitrogens with one attached hydrogen (secondary N) is 1. The molecule has 7 heteroatoms. The minimum Gasteiger partial charge on any atom is -0.272 e. The number of halogens is 1. The van der Waals surface area contributed by atoms with Gasteiger partial charge >= 0.3 is 0 Å². The monoisotopic (exact) mass is 344 g/mol. The number of aromatic nitrogens is 1. The fourth-order valence-corrected chi connectivity index (χ4v) is 2.85. The summed E-state index contributed by atoms with van der Waals surface area (Å²) in [4.78, 5) is 8.57. The molecule has 0 atom stereocenters. The molecule has 1 aromatic rings. The lowest BCUT2D eigenvalue weighted by Gasteiger charge is -2.02. The highest BCUT2D eigenvalue weighted by Crippen LogP contribution is 2.18. The average Bonchev–Trinajstić information content (AvgIpc) is 2.39. The summed E-state index contributed by atoms with van der Waals surface area (Å²) in [7, 11) is 0. The predicted molar refractivity (Wildman–Crippen MR) is 82.7 cm³/mol. The van der Waals surface area contributed by atoms with Gasteiger partial charge in [-0.05, 0) is 34.3 Å². The molecule has 1 aromatic heterocycles. The molecular formula is C11H13BrN4S2. The van der Waals surface area contributed by atoms with Crippen LogP contribution in [0.4, 0.5) is 0 Å². The summed E-state index contributed by atoms with van der Waals surface area (Å²) in [6.45, 7) is 0.694. The molecule has 0 aliphatic heterocycles. The lowest BCUT2D eigenvalue weighted by molar-refractivity contribution is 1.11. The molecule has 0 aliphatic carbocycles. The van der Waals surface area contributed by atoms with Crippen LogP contribution in [-0.2, 0) is 5.75 Å².